The lowest BCUT2D eigenvalue weighted by molar-refractivity contribution is -0.894. The lowest BCUT2D eigenvalue weighted by Gasteiger charge is -2.24. The summed E-state index contributed by atoms with van der Waals surface area (Å²) in [6, 6.07) is 11.3. The van der Waals surface area contributed by atoms with E-state index in [1.165, 1.54) is 0 Å². The lowest BCUT2D eigenvalue weighted by atomic mass is 10.0. The van der Waals surface area contributed by atoms with E-state index < -0.39 is 18.0 Å². The van der Waals surface area contributed by atoms with E-state index in [0.29, 0.717) is 10.5 Å². The third-order valence-corrected chi connectivity index (χ3v) is 4.52. The Kier molecular flexibility index (Phi) is 6.89. The van der Waals surface area contributed by atoms with E-state index in [0.717, 1.165) is 22.4 Å². The normalized spacial score (nSPS) is 12.7. The monoisotopic (exact) mass is 383 g/mol. The number of carbonyl (C=O) groups excluding carboxylic acids is 3. The number of quaternary nitrogens is 1. The van der Waals surface area contributed by atoms with Crippen LogP contribution in [0.4, 0.5) is 10.5 Å². The third-order valence-electron chi connectivity index (χ3n) is 4.52. The lowest BCUT2D eigenvalue weighted by Crippen LogP contribution is -3.11. The molecule has 0 saturated carbocycles. The van der Waals surface area contributed by atoms with Gasteiger partial charge in [-0.3, -0.25) is 14.9 Å². The van der Waals surface area contributed by atoms with Gasteiger partial charge in [-0.05, 0) is 31.9 Å². The summed E-state index contributed by atoms with van der Waals surface area (Å²) < 4.78 is 0. The van der Waals surface area contributed by atoms with Crippen molar-refractivity contribution >= 4 is 23.5 Å². The first kappa shape index (κ1) is 21.1. The smallest absolute Gasteiger partial charge is 0.319 e. The van der Waals surface area contributed by atoms with Crippen molar-refractivity contribution in [1.29, 1.82) is 0 Å². The van der Waals surface area contributed by atoms with Crippen LogP contribution in [0.3, 0.4) is 0 Å². The van der Waals surface area contributed by atoms with Crippen LogP contribution in [0.5, 0.6) is 0 Å². The summed E-state index contributed by atoms with van der Waals surface area (Å²) in [5, 5.41) is 5.06. The third kappa shape index (κ3) is 5.40. The van der Waals surface area contributed by atoms with Gasteiger partial charge < -0.3 is 16.0 Å². The molecule has 0 aliphatic rings. The molecule has 28 heavy (non-hydrogen) atoms. The molecule has 2 rings (SSSR count). The van der Waals surface area contributed by atoms with Crippen molar-refractivity contribution in [1.82, 2.24) is 5.32 Å². The Bertz CT molecular complexity index is 857. The first-order valence-corrected chi connectivity index (χ1v) is 9.04. The average Bonchev–Trinajstić information content (AvgIpc) is 2.58. The van der Waals surface area contributed by atoms with E-state index in [9.17, 15) is 14.4 Å². The molecule has 7 nitrogen and oxygen atoms in total. The van der Waals surface area contributed by atoms with Gasteiger partial charge in [-0.25, -0.2) is 4.79 Å². The van der Waals surface area contributed by atoms with Crippen molar-refractivity contribution in [3.8, 4) is 0 Å². The minimum Gasteiger partial charge on any atom is -0.351 e. The highest BCUT2D eigenvalue weighted by atomic mass is 16.2. The maximum Gasteiger partial charge on any atom is 0.319 e. The number of hydrogen-bond donors (Lipinski definition) is 4. The van der Waals surface area contributed by atoms with Crippen molar-refractivity contribution in [3.63, 3.8) is 0 Å². The summed E-state index contributed by atoms with van der Waals surface area (Å²) in [7, 11) is 1.73. The van der Waals surface area contributed by atoms with Crippen molar-refractivity contribution < 1.29 is 19.3 Å². The summed E-state index contributed by atoms with van der Waals surface area (Å²) in [5.41, 5.74) is 9.66. The van der Waals surface area contributed by atoms with Crippen molar-refractivity contribution in [2.45, 2.75) is 26.8 Å². The second-order valence-corrected chi connectivity index (χ2v) is 7.04. The standard InChI is InChI=1S/C21H26N4O3/c1-13-10-14(2)18(15(3)11-13)23-17(26)12-25(4)19(20(27)24-21(22)28)16-8-6-5-7-9-16/h5-11,19H,12H2,1-4H3,(H,23,26)(H3,22,24,27,28)/p+1/t19-/m0/s1. The van der Waals surface area contributed by atoms with Crippen LogP contribution in [0.15, 0.2) is 42.5 Å². The largest absolute Gasteiger partial charge is 0.351 e. The number of aryl methyl sites for hydroxylation is 3. The Morgan fingerprint density at radius 3 is 2.14 bits per heavy atom. The van der Waals surface area contributed by atoms with Crippen LogP contribution < -0.4 is 21.3 Å². The predicted molar refractivity (Wildman–Crippen MR) is 108 cm³/mol. The van der Waals surface area contributed by atoms with Gasteiger partial charge in [-0.2, -0.15) is 0 Å². The van der Waals surface area contributed by atoms with Gasteiger partial charge in [0.2, 0.25) is 0 Å². The summed E-state index contributed by atoms with van der Waals surface area (Å²) in [5.74, 6) is -0.771. The van der Waals surface area contributed by atoms with E-state index in [1.54, 1.807) is 31.3 Å². The summed E-state index contributed by atoms with van der Waals surface area (Å²) in [6.07, 6.45) is 0. The highest BCUT2D eigenvalue weighted by Gasteiger charge is 2.31. The van der Waals surface area contributed by atoms with Crippen LogP contribution in [0.25, 0.3) is 0 Å². The van der Waals surface area contributed by atoms with Gasteiger partial charge in [0, 0.05) is 11.3 Å². The van der Waals surface area contributed by atoms with Crippen molar-refractivity contribution in [2.75, 3.05) is 18.9 Å². The van der Waals surface area contributed by atoms with Gasteiger partial charge in [-0.15, -0.1) is 0 Å². The first-order chi connectivity index (χ1) is 13.2. The number of nitrogens with two attached hydrogens (primary N) is 1. The fraction of sp³-hybridized carbons (Fsp3) is 0.286. The zero-order valence-electron chi connectivity index (χ0n) is 16.6. The van der Waals surface area contributed by atoms with Crippen molar-refractivity contribution in [3.05, 3.63) is 64.7 Å². The number of imide groups is 1. The Morgan fingerprint density at radius 2 is 1.61 bits per heavy atom. The number of carbonyl (C=O) groups is 3. The molecule has 148 valence electrons. The number of primary amides is 1. The fourth-order valence-electron chi connectivity index (χ4n) is 3.41. The Balaban J connectivity index is 2.18. The predicted octanol–water partition coefficient (Wildman–Crippen LogP) is 1.00. The zero-order chi connectivity index (χ0) is 20.8. The molecule has 7 heteroatoms. The molecule has 0 saturated heterocycles. The molecule has 4 amide bonds. The second-order valence-electron chi connectivity index (χ2n) is 7.04. The summed E-state index contributed by atoms with van der Waals surface area (Å²) in [6.45, 7) is 5.93. The minimum absolute atomic E-state index is 0.0402. The molecule has 0 aromatic heterocycles. The van der Waals surface area contributed by atoms with Crippen LogP contribution >= 0.6 is 0 Å². The molecule has 2 aromatic rings. The highest BCUT2D eigenvalue weighted by Crippen LogP contribution is 2.21. The van der Waals surface area contributed by atoms with Crippen molar-refractivity contribution in [2.24, 2.45) is 5.73 Å². The topological polar surface area (TPSA) is 106 Å². The van der Waals surface area contributed by atoms with Gasteiger partial charge in [0.1, 0.15) is 0 Å². The quantitative estimate of drug-likeness (QED) is 0.598. The van der Waals surface area contributed by atoms with Crippen LogP contribution in [0, 0.1) is 20.8 Å². The number of likely N-dealkylation sites (N-methyl/N-ethyl adjacent to an activating group) is 1. The highest BCUT2D eigenvalue weighted by molar-refractivity contribution is 5.96. The maximum absolute atomic E-state index is 12.6. The van der Waals surface area contributed by atoms with Gasteiger partial charge in [0.05, 0.1) is 7.05 Å². The maximum atomic E-state index is 12.6. The van der Waals surface area contributed by atoms with Gasteiger partial charge in [-0.1, -0.05) is 48.0 Å². The molecule has 0 bridgehead atoms. The first-order valence-electron chi connectivity index (χ1n) is 9.04. The van der Waals surface area contributed by atoms with Crippen LogP contribution in [-0.4, -0.2) is 31.4 Å². The molecule has 0 spiro atoms. The molecule has 0 aliphatic carbocycles. The number of urea groups is 1. The molecule has 0 fully saturated rings. The molecule has 0 heterocycles. The van der Waals surface area contributed by atoms with Crippen LogP contribution in [-0.2, 0) is 9.59 Å². The number of amides is 4. The Hall–Kier alpha value is -3.19. The fourth-order valence-corrected chi connectivity index (χ4v) is 3.41. The number of hydrogen-bond acceptors (Lipinski definition) is 3. The van der Waals surface area contributed by atoms with E-state index in [1.807, 2.05) is 39.0 Å². The molecule has 2 aromatic carbocycles. The van der Waals surface area contributed by atoms with Crippen LogP contribution in [0.1, 0.15) is 28.3 Å². The van der Waals surface area contributed by atoms with E-state index in [2.05, 4.69) is 10.6 Å². The van der Waals surface area contributed by atoms with Gasteiger partial charge >= 0.3 is 6.03 Å². The number of anilines is 1. The Labute approximate surface area is 164 Å². The number of nitrogens with one attached hydrogen (secondary N) is 3. The molecular weight excluding hydrogens is 356 g/mol. The molecular formula is C21H27N4O3+. The van der Waals surface area contributed by atoms with E-state index >= 15 is 0 Å². The SMILES string of the molecule is Cc1cc(C)c(NC(=O)C[NH+](C)[C@H](C(=O)NC(N)=O)c2ccccc2)c(C)c1. The van der Waals surface area contributed by atoms with Gasteiger partial charge in [0.25, 0.3) is 11.8 Å². The second kappa shape index (κ2) is 9.14. The minimum atomic E-state index is -0.922. The summed E-state index contributed by atoms with van der Waals surface area (Å²) >= 11 is 0. The molecule has 1 unspecified atom stereocenters. The summed E-state index contributed by atoms with van der Waals surface area (Å²) in [4.78, 5) is 36.9. The number of benzene rings is 2. The molecule has 5 N–H and O–H groups in total. The van der Waals surface area contributed by atoms with E-state index in [-0.39, 0.29) is 12.5 Å². The molecule has 0 aliphatic heterocycles. The van der Waals surface area contributed by atoms with Gasteiger partial charge in [0.15, 0.2) is 12.6 Å². The average molecular weight is 383 g/mol. The van der Waals surface area contributed by atoms with E-state index in [4.69, 9.17) is 5.73 Å². The molecule has 2 atom stereocenters. The zero-order valence-corrected chi connectivity index (χ0v) is 16.6. The number of rotatable bonds is 6. The van der Waals surface area contributed by atoms with Crippen LogP contribution in [0.2, 0.25) is 0 Å². The Morgan fingerprint density at radius 1 is 1.04 bits per heavy atom. The molecule has 0 radical (unpaired) electrons.